The monoisotopic (exact) mass is 257 g/mol. The standard InChI is InChI=1S/C15H19N3O/c1-18-9-8-16-10-13(18)12-7-6-11-4-3-5-14(19-2)15(11)17-12/h3-7,13,16H,8-10H2,1-2H3. The Kier molecular flexibility index (Phi) is 3.36. The first-order valence-electron chi connectivity index (χ1n) is 6.64. The van der Waals surface area contributed by atoms with Crippen LogP contribution in [0.25, 0.3) is 10.9 Å². The van der Waals surface area contributed by atoms with E-state index in [0.29, 0.717) is 6.04 Å². The van der Waals surface area contributed by atoms with E-state index < -0.39 is 0 Å². The number of ether oxygens (including phenoxy) is 1. The maximum atomic E-state index is 5.40. The van der Waals surface area contributed by atoms with Crippen LogP contribution in [0.1, 0.15) is 11.7 Å². The Morgan fingerprint density at radius 3 is 3.00 bits per heavy atom. The number of nitrogens with one attached hydrogen (secondary N) is 1. The molecule has 4 heteroatoms. The number of fused-ring (bicyclic) bond motifs is 1. The maximum absolute atomic E-state index is 5.40. The summed E-state index contributed by atoms with van der Waals surface area (Å²) in [5, 5.41) is 4.55. The first-order chi connectivity index (χ1) is 9.29. The minimum Gasteiger partial charge on any atom is -0.494 e. The lowest BCUT2D eigenvalue weighted by Gasteiger charge is -2.32. The molecule has 19 heavy (non-hydrogen) atoms. The highest BCUT2D eigenvalue weighted by Gasteiger charge is 2.21. The van der Waals surface area contributed by atoms with Crippen LogP contribution in [0.5, 0.6) is 5.75 Å². The molecule has 1 aliphatic heterocycles. The third-order valence-electron chi connectivity index (χ3n) is 3.78. The van der Waals surface area contributed by atoms with Crippen molar-refractivity contribution in [2.75, 3.05) is 33.8 Å². The van der Waals surface area contributed by atoms with Crippen molar-refractivity contribution in [1.29, 1.82) is 0 Å². The summed E-state index contributed by atoms with van der Waals surface area (Å²) in [5.41, 5.74) is 2.05. The second kappa shape index (κ2) is 5.15. The first kappa shape index (κ1) is 12.4. The molecule has 1 aromatic heterocycles. The van der Waals surface area contributed by atoms with Gasteiger partial charge in [-0.2, -0.15) is 0 Å². The zero-order valence-electron chi connectivity index (χ0n) is 11.4. The van der Waals surface area contributed by atoms with Crippen LogP contribution >= 0.6 is 0 Å². The topological polar surface area (TPSA) is 37.4 Å². The largest absolute Gasteiger partial charge is 0.494 e. The Bertz CT molecular complexity index is 585. The number of hydrogen-bond acceptors (Lipinski definition) is 4. The van der Waals surface area contributed by atoms with Crippen molar-refractivity contribution in [3.63, 3.8) is 0 Å². The summed E-state index contributed by atoms with van der Waals surface area (Å²) in [6.45, 7) is 3.05. The molecule has 0 aliphatic carbocycles. The van der Waals surface area contributed by atoms with Gasteiger partial charge in [0, 0.05) is 25.0 Å². The molecule has 1 saturated heterocycles. The van der Waals surface area contributed by atoms with Crippen molar-refractivity contribution < 1.29 is 4.74 Å². The van der Waals surface area contributed by atoms with E-state index in [1.54, 1.807) is 7.11 Å². The third kappa shape index (κ3) is 2.29. The van der Waals surface area contributed by atoms with Gasteiger partial charge in [0.05, 0.1) is 18.8 Å². The van der Waals surface area contributed by atoms with E-state index in [-0.39, 0.29) is 0 Å². The van der Waals surface area contributed by atoms with Gasteiger partial charge in [0.2, 0.25) is 0 Å². The van der Waals surface area contributed by atoms with E-state index in [0.717, 1.165) is 42.0 Å². The number of nitrogens with zero attached hydrogens (tertiary/aromatic N) is 2. The normalized spacial score (nSPS) is 20.6. The summed E-state index contributed by atoms with van der Waals surface area (Å²) in [6.07, 6.45) is 0. The van der Waals surface area contributed by atoms with Crippen molar-refractivity contribution in [3.8, 4) is 5.75 Å². The highest BCUT2D eigenvalue weighted by molar-refractivity contribution is 5.84. The smallest absolute Gasteiger partial charge is 0.145 e. The predicted molar refractivity (Wildman–Crippen MR) is 76.5 cm³/mol. The SMILES string of the molecule is COc1cccc2ccc(C3CNCCN3C)nc12. The van der Waals surface area contributed by atoms with E-state index in [1.165, 1.54) is 0 Å². The molecule has 1 N–H and O–H groups in total. The lowest BCUT2D eigenvalue weighted by molar-refractivity contribution is 0.199. The van der Waals surface area contributed by atoms with Crippen molar-refractivity contribution in [3.05, 3.63) is 36.0 Å². The third-order valence-corrected chi connectivity index (χ3v) is 3.78. The van der Waals surface area contributed by atoms with Gasteiger partial charge in [0.1, 0.15) is 11.3 Å². The van der Waals surface area contributed by atoms with Gasteiger partial charge in [-0.15, -0.1) is 0 Å². The molecule has 1 fully saturated rings. The molecular formula is C15H19N3O. The lowest BCUT2D eigenvalue weighted by Crippen LogP contribution is -2.44. The van der Waals surface area contributed by atoms with Crippen LogP contribution in [0.15, 0.2) is 30.3 Å². The molecule has 0 spiro atoms. The number of para-hydroxylation sites is 1. The Labute approximate surface area is 113 Å². The van der Waals surface area contributed by atoms with Gasteiger partial charge in [0.25, 0.3) is 0 Å². The summed E-state index contributed by atoms with van der Waals surface area (Å²) in [6, 6.07) is 10.6. The van der Waals surface area contributed by atoms with Crippen molar-refractivity contribution in [2.24, 2.45) is 0 Å². The Balaban J connectivity index is 2.05. The second-order valence-corrected chi connectivity index (χ2v) is 4.97. The fourth-order valence-electron chi connectivity index (χ4n) is 2.62. The average molecular weight is 257 g/mol. The van der Waals surface area contributed by atoms with Crippen LogP contribution in [-0.2, 0) is 0 Å². The highest BCUT2D eigenvalue weighted by atomic mass is 16.5. The van der Waals surface area contributed by atoms with Gasteiger partial charge in [0.15, 0.2) is 0 Å². The van der Waals surface area contributed by atoms with Crippen LogP contribution in [0.3, 0.4) is 0 Å². The average Bonchev–Trinajstić information content (AvgIpc) is 2.46. The zero-order chi connectivity index (χ0) is 13.2. The van der Waals surface area contributed by atoms with E-state index in [2.05, 4.69) is 35.5 Å². The molecule has 0 radical (unpaired) electrons. The van der Waals surface area contributed by atoms with E-state index >= 15 is 0 Å². The number of rotatable bonds is 2. The summed E-state index contributed by atoms with van der Waals surface area (Å²) in [4.78, 5) is 7.16. The quantitative estimate of drug-likeness (QED) is 0.890. The summed E-state index contributed by atoms with van der Waals surface area (Å²) in [7, 11) is 3.84. The van der Waals surface area contributed by atoms with Gasteiger partial charge in [-0.3, -0.25) is 4.90 Å². The molecule has 0 saturated carbocycles. The molecule has 1 unspecified atom stereocenters. The summed E-state index contributed by atoms with van der Waals surface area (Å²) >= 11 is 0. The van der Waals surface area contributed by atoms with Gasteiger partial charge < -0.3 is 10.1 Å². The van der Waals surface area contributed by atoms with E-state index in [1.807, 2.05) is 12.1 Å². The maximum Gasteiger partial charge on any atom is 0.145 e. The number of pyridine rings is 1. The number of methoxy groups -OCH3 is 1. The Morgan fingerprint density at radius 2 is 2.21 bits per heavy atom. The van der Waals surface area contributed by atoms with Gasteiger partial charge in [-0.05, 0) is 19.2 Å². The number of piperazine rings is 1. The molecule has 2 heterocycles. The second-order valence-electron chi connectivity index (χ2n) is 4.97. The minimum absolute atomic E-state index is 0.336. The number of benzene rings is 1. The van der Waals surface area contributed by atoms with Gasteiger partial charge >= 0.3 is 0 Å². The van der Waals surface area contributed by atoms with Gasteiger partial charge in [-0.1, -0.05) is 18.2 Å². The van der Waals surface area contributed by atoms with E-state index in [4.69, 9.17) is 9.72 Å². The molecule has 2 aromatic rings. The molecule has 1 atom stereocenters. The number of hydrogen-bond donors (Lipinski definition) is 1. The predicted octanol–water partition coefficient (Wildman–Crippen LogP) is 1.82. The van der Waals surface area contributed by atoms with Crippen LogP contribution in [-0.4, -0.2) is 43.7 Å². The molecule has 1 aliphatic rings. The summed E-state index contributed by atoms with van der Waals surface area (Å²) in [5.74, 6) is 0.839. The Hall–Kier alpha value is -1.65. The van der Waals surface area contributed by atoms with E-state index in [9.17, 15) is 0 Å². The van der Waals surface area contributed by atoms with Crippen LogP contribution in [0, 0.1) is 0 Å². The Morgan fingerprint density at radius 1 is 1.32 bits per heavy atom. The zero-order valence-corrected chi connectivity index (χ0v) is 11.4. The van der Waals surface area contributed by atoms with Crippen molar-refractivity contribution in [2.45, 2.75) is 6.04 Å². The summed E-state index contributed by atoms with van der Waals surface area (Å²) < 4.78 is 5.40. The molecule has 100 valence electrons. The number of aromatic nitrogens is 1. The molecule has 0 amide bonds. The van der Waals surface area contributed by atoms with Crippen molar-refractivity contribution in [1.82, 2.24) is 15.2 Å². The molecule has 3 rings (SSSR count). The van der Waals surface area contributed by atoms with Crippen LogP contribution < -0.4 is 10.1 Å². The molecule has 1 aromatic carbocycles. The number of likely N-dealkylation sites (N-methyl/N-ethyl adjacent to an activating group) is 1. The lowest BCUT2D eigenvalue weighted by atomic mass is 10.1. The molecule has 0 bridgehead atoms. The fraction of sp³-hybridized carbons (Fsp3) is 0.400. The van der Waals surface area contributed by atoms with Gasteiger partial charge in [-0.25, -0.2) is 4.98 Å². The van der Waals surface area contributed by atoms with Crippen LogP contribution in [0.2, 0.25) is 0 Å². The molecule has 4 nitrogen and oxygen atoms in total. The minimum atomic E-state index is 0.336. The van der Waals surface area contributed by atoms with Crippen LogP contribution in [0.4, 0.5) is 0 Å². The highest BCUT2D eigenvalue weighted by Crippen LogP contribution is 2.27. The first-order valence-corrected chi connectivity index (χ1v) is 6.64. The fourth-order valence-corrected chi connectivity index (χ4v) is 2.62. The molecular weight excluding hydrogens is 238 g/mol. The van der Waals surface area contributed by atoms with Crippen molar-refractivity contribution >= 4 is 10.9 Å².